The van der Waals surface area contributed by atoms with Crippen molar-refractivity contribution in [2.45, 2.75) is 32.4 Å². The first kappa shape index (κ1) is 13.4. The summed E-state index contributed by atoms with van der Waals surface area (Å²) in [7, 11) is 0. The normalized spacial score (nSPS) is 13.1. The molecule has 0 aliphatic heterocycles. The highest BCUT2D eigenvalue weighted by Crippen LogP contribution is 2.21. The molecular weight excluding hydrogens is 229 g/mol. The first-order valence-corrected chi connectivity index (χ1v) is 5.70. The van der Waals surface area contributed by atoms with Crippen LogP contribution in [0.2, 0.25) is 5.02 Å². The fraction of sp³-hybridized carbons (Fsp3) is 0.500. The number of hydrogen-bond donors (Lipinski definition) is 1. The van der Waals surface area contributed by atoms with E-state index in [1.165, 1.54) is 6.07 Å². The Morgan fingerprint density at radius 3 is 2.69 bits per heavy atom. The van der Waals surface area contributed by atoms with Gasteiger partial charge in [-0.25, -0.2) is 4.39 Å². The van der Waals surface area contributed by atoms with E-state index >= 15 is 0 Å². The van der Waals surface area contributed by atoms with Crippen molar-refractivity contribution in [3.63, 3.8) is 0 Å². The van der Waals surface area contributed by atoms with Crippen LogP contribution >= 0.6 is 11.6 Å². The van der Waals surface area contributed by atoms with E-state index in [1.54, 1.807) is 12.1 Å². The molecule has 0 fully saturated rings. The van der Waals surface area contributed by atoms with Crippen LogP contribution < -0.4 is 5.73 Å². The van der Waals surface area contributed by atoms with Gasteiger partial charge in [-0.2, -0.15) is 0 Å². The van der Waals surface area contributed by atoms with Crippen molar-refractivity contribution < 1.29 is 9.13 Å². The quantitative estimate of drug-likeness (QED) is 0.864. The van der Waals surface area contributed by atoms with Crippen LogP contribution in [0, 0.1) is 5.82 Å². The molecule has 0 aromatic heterocycles. The first-order chi connectivity index (χ1) is 7.50. The van der Waals surface area contributed by atoms with Crippen molar-refractivity contribution in [3.05, 3.63) is 34.6 Å². The van der Waals surface area contributed by atoms with E-state index in [2.05, 4.69) is 0 Å². The van der Waals surface area contributed by atoms with E-state index in [0.29, 0.717) is 13.0 Å². The number of benzene rings is 1. The second-order valence-corrected chi connectivity index (χ2v) is 4.40. The Morgan fingerprint density at radius 2 is 2.12 bits per heavy atom. The van der Waals surface area contributed by atoms with E-state index in [-0.39, 0.29) is 17.2 Å². The molecular formula is C12H17ClFNO. The van der Waals surface area contributed by atoms with Gasteiger partial charge in [-0.05, 0) is 38.0 Å². The predicted octanol–water partition coefficient (Wildman–Crippen LogP) is 3.29. The lowest BCUT2D eigenvalue weighted by molar-refractivity contribution is 0.0736. The number of hydrogen-bond acceptors (Lipinski definition) is 2. The highest BCUT2D eigenvalue weighted by molar-refractivity contribution is 6.30. The molecule has 4 heteroatoms. The molecule has 0 radical (unpaired) electrons. The summed E-state index contributed by atoms with van der Waals surface area (Å²) < 4.78 is 18.3. The van der Waals surface area contributed by atoms with Crippen LogP contribution in [0.1, 0.15) is 31.9 Å². The molecule has 2 nitrogen and oxygen atoms in total. The Bertz CT molecular complexity index is 344. The van der Waals surface area contributed by atoms with Crippen LogP contribution in [-0.2, 0) is 4.74 Å². The highest BCUT2D eigenvalue weighted by Gasteiger charge is 2.09. The number of nitrogens with two attached hydrogens (primary N) is 1. The molecule has 2 N–H and O–H groups in total. The van der Waals surface area contributed by atoms with Crippen molar-refractivity contribution in [1.29, 1.82) is 0 Å². The van der Waals surface area contributed by atoms with Crippen LogP contribution in [0.5, 0.6) is 0 Å². The van der Waals surface area contributed by atoms with Gasteiger partial charge in [0.2, 0.25) is 0 Å². The molecule has 1 aromatic carbocycles. The second kappa shape index (κ2) is 6.18. The fourth-order valence-electron chi connectivity index (χ4n) is 1.34. The first-order valence-electron chi connectivity index (χ1n) is 5.33. The third kappa shape index (κ3) is 4.08. The average Bonchev–Trinajstić information content (AvgIpc) is 2.21. The number of ether oxygens (including phenoxy) is 1. The van der Waals surface area contributed by atoms with Gasteiger partial charge in [0.05, 0.1) is 11.1 Å². The summed E-state index contributed by atoms with van der Waals surface area (Å²) in [5.74, 6) is -0.420. The summed E-state index contributed by atoms with van der Waals surface area (Å²) in [5, 5.41) is 0.109. The Balaban J connectivity index is 2.52. The maximum atomic E-state index is 12.9. The minimum absolute atomic E-state index is 0.109. The minimum atomic E-state index is -0.420. The minimum Gasteiger partial charge on any atom is -0.379 e. The zero-order chi connectivity index (χ0) is 12.1. The zero-order valence-corrected chi connectivity index (χ0v) is 10.3. The summed E-state index contributed by atoms with van der Waals surface area (Å²) >= 11 is 5.68. The SMILES string of the molecule is CC(C)OCCC(N)c1ccc(F)c(Cl)c1. The summed E-state index contributed by atoms with van der Waals surface area (Å²) in [5.41, 5.74) is 6.77. The molecule has 1 rings (SSSR count). The topological polar surface area (TPSA) is 35.2 Å². The van der Waals surface area contributed by atoms with Gasteiger partial charge in [0.25, 0.3) is 0 Å². The largest absolute Gasteiger partial charge is 0.379 e. The molecule has 0 saturated carbocycles. The van der Waals surface area contributed by atoms with Gasteiger partial charge in [0.15, 0.2) is 0 Å². The molecule has 0 amide bonds. The molecule has 0 saturated heterocycles. The van der Waals surface area contributed by atoms with Crippen LogP contribution in [0.25, 0.3) is 0 Å². The zero-order valence-electron chi connectivity index (χ0n) is 9.54. The average molecular weight is 246 g/mol. The highest BCUT2D eigenvalue weighted by atomic mass is 35.5. The molecule has 1 atom stereocenters. The van der Waals surface area contributed by atoms with Crippen LogP contribution in [-0.4, -0.2) is 12.7 Å². The van der Waals surface area contributed by atoms with Gasteiger partial charge in [-0.15, -0.1) is 0 Å². The smallest absolute Gasteiger partial charge is 0.141 e. The number of rotatable bonds is 5. The van der Waals surface area contributed by atoms with E-state index < -0.39 is 5.82 Å². The number of halogens is 2. The molecule has 0 aliphatic carbocycles. The van der Waals surface area contributed by atoms with Gasteiger partial charge in [-0.3, -0.25) is 0 Å². The molecule has 0 spiro atoms. The lowest BCUT2D eigenvalue weighted by Crippen LogP contribution is -2.15. The molecule has 16 heavy (non-hydrogen) atoms. The van der Waals surface area contributed by atoms with Crippen molar-refractivity contribution in [2.24, 2.45) is 5.73 Å². The van der Waals surface area contributed by atoms with E-state index in [1.807, 2.05) is 13.8 Å². The Hall–Kier alpha value is -0.640. The molecule has 0 heterocycles. The van der Waals surface area contributed by atoms with Crippen LogP contribution in [0.4, 0.5) is 4.39 Å². The standard InChI is InChI=1S/C12H17ClFNO/c1-8(2)16-6-5-12(15)9-3-4-11(14)10(13)7-9/h3-4,7-8,12H,5-6,15H2,1-2H3. The van der Waals surface area contributed by atoms with Gasteiger partial charge in [-0.1, -0.05) is 17.7 Å². The van der Waals surface area contributed by atoms with E-state index in [9.17, 15) is 4.39 Å². The van der Waals surface area contributed by atoms with Crippen molar-refractivity contribution in [3.8, 4) is 0 Å². The molecule has 90 valence electrons. The molecule has 0 bridgehead atoms. The second-order valence-electron chi connectivity index (χ2n) is 3.99. The molecule has 0 aliphatic rings. The third-order valence-corrected chi connectivity index (χ3v) is 2.54. The lowest BCUT2D eigenvalue weighted by Gasteiger charge is -2.14. The maximum absolute atomic E-state index is 12.9. The summed E-state index contributed by atoms with van der Waals surface area (Å²) in [6.45, 7) is 4.54. The van der Waals surface area contributed by atoms with E-state index in [4.69, 9.17) is 22.1 Å². The molecule has 1 unspecified atom stereocenters. The van der Waals surface area contributed by atoms with Gasteiger partial charge in [0, 0.05) is 12.6 Å². The summed E-state index contributed by atoms with van der Waals surface area (Å²) in [4.78, 5) is 0. The van der Waals surface area contributed by atoms with Gasteiger partial charge < -0.3 is 10.5 Å². The fourth-order valence-corrected chi connectivity index (χ4v) is 1.53. The van der Waals surface area contributed by atoms with Crippen molar-refractivity contribution >= 4 is 11.6 Å². The summed E-state index contributed by atoms with van der Waals surface area (Å²) in [6, 6.07) is 4.38. The molecule has 1 aromatic rings. The Kier molecular flexibility index (Phi) is 5.19. The monoisotopic (exact) mass is 245 g/mol. The Morgan fingerprint density at radius 1 is 1.44 bits per heavy atom. The van der Waals surface area contributed by atoms with Gasteiger partial charge in [0.1, 0.15) is 5.82 Å². The summed E-state index contributed by atoms with van der Waals surface area (Å²) in [6.07, 6.45) is 0.893. The third-order valence-electron chi connectivity index (χ3n) is 2.25. The van der Waals surface area contributed by atoms with Gasteiger partial charge >= 0.3 is 0 Å². The Labute approximate surface area is 101 Å². The predicted molar refractivity (Wildman–Crippen MR) is 64.0 cm³/mol. The maximum Gasteiger partial charge on any atom is 0.141 e. The van der Waals surface area contributed by atoms with E-state index in [0.717, 1.165) is 5.56 Å². The van der Waals surface area contributed by atoms with Crippen LogP contribution in [0.3, 0.4) is 0 Å². The van der Waals surface area contributed by atoms with Crippen LogP contribution in [0.15, 0.2) is 18.2 Å². The lowest BCUT2D eigenvalue weighted by atomic mass is 10.1. The van der Waals surface area contributed by atoms with Crippen molar-refractivity contribution in [1.82, 2.24) is 0 Å². The van der Waals surface area contributed by atoms with Crippen molar-refractivity contribution in [2.75, 3.05) is 6.61 Å².